The molecule has 0 bridgehead atoms. The molecule has 9 nitrogen and oxygen atoms in total. The first-order valence-corrected chi connectivity index (χ1v) is 18.7. The molecular weight excluding hydrogens is 596 g/mol. The number of aliphatic carboxylic acids is 1. The fraction of sp³-hybridized carbons (Fsp3) is 0.789. The lowest BCUT2D eigenvalue weighted by Gasteiger charge is -2.15. The molecule has 0 aliphatic heterocycles. The summed E-state index contributed by atoms with van der Waals surface area (Å²) >= 11 is 0. The fourth-order valence-electron chi connectivity index (χ4n) is 5.25. The van der Waals surface area contributed by atoms with Gasteiger partial charge in [0, 0.05) is 12.8 Å². The van der Waals surface area contributed by atoms with Crippen LogP contribution in [-0.2, 0) is 23.9 Å². The highest BCUT2D eigenvalue weighted by atomic mass is 16.5. The summed E-state index contributed by atoms with van der Waals surface area (Å²) in [5.41, 5.74) is 0. The standard InChI is InChI=1S/C38H68N2O7/c1-3-5-7-9-11-13-15-19-23-27-33(47-37(44)30-26-22-16-14-12-10-8-6-4-2)28-24-20-17-18-21-25-29-35(42)39-31-36(43)40-34(32-41)38(45)46/h13,15,23,27,33-34,41H,3-12,14,16-22,24-26,28-32H2,1-2H3,(H,39,42)(H,40,43)(H,45,46)/b15-13-,27-23-. The zero-order valence-corrected chi connectivity index (χ0v) is 29.8. The Morgan fingerprint density at radius 1 is 0.660 bits per heavy atom. The lowest BCUT2D eigenvalue weighted by Crippen LogP contribution is -2.47. The van der Waals surface area contributed by atoms with Gasteiger partial charge in [0.25, 0.3) is 0 Å². The van der Waals surface area contributed by atoms with Gasteiger partial charge in [-0.2, -0.15) is 0 Å². The number of nitrogens with one attached hydrogen (secondary N) is 2. The zero-order valence-electron chi connectivity index (χ0n) is 29.8. The number of amides is 2. The number of esters is 1. The number of hydrogen-bond acceptors (Lipinski definition) is 6. The number of hydrogen-bond donors (Lipinski definition) is 4. The Kier molecular flexibility index (Phi) is 31.3. The van der Waals surface area contributed by atoms with Crippen molar-refractivity contribution >= 4 is 23.8 Å². The monoisotopic (exact) mass is 665 g/mol. The van der Waals surface area contributed by atoms with E-state index in [-0.39, 0.29) is 24.5 Å². The second-order valence-electron chi connectivity index (χ2n) is 12.7. The third-order valence-electron chi connectivity index (χ3n) is 8.19. The number of carboxylic acids is 1. The number of ether oxygens (including phenoxy) is 1. The lowest BCUT2D eigenvalue weighted by molar-refractivity contribution is -0.147. The van der Waals surface area contributed by atoms with Gasteiger partial charge in [-0.25, -0.2) is 4.79 Å². The number of carbonyl (C=O) groups excluding carboxylic acids is 3. The van der Waals surface area contributed by atoms with Crippen LogP contribution in [0.3, 0.4) is 0 Å². The van der Waals surface area contributed by atoms with Crippen LogP contribution >= 0.6 is 0 Å². The van der Waals surface area contributed by atoms with Crippen molar-refractivity contribution in [1.82, 2.24) is 10.6 Å². The van der Waals surface area contributed by atoms with Gasteiger partial charge in [0.1, 0.15) is 12.1 Å². The minimum absolute atomic E-state index is 0.0973. The minimum atomic E-state index is -1.38. The molecule has 4 N–H and O–H groups in total. The van der Waals surface area contributed by atoms with E-state index in [4.69, 9.17) is 14.9 Å². The van der Waals surface area contributed by atoms with Crippen LogP contribution in [0.2, 0.25) is 0 Å². The molecule has 0 saturated carbocycles. The molecule has 0 aromatic rings. The van der Waals surface area contributed by atoms with E-state index < -0.39 is 24.5 Å². The Morgan fingerprint density at radius 3 is 1.81 bits per heavy atom. The molecule has 0 saturated heterocycles. The van der Waals surface area contributed by atoms with E-state index in [0.29, 0.717) is 19.3 Å². The van der Waals surface area contributed by atoms with Crippen molar-refractivity contribution in [3.05, 3.63) is 24.3 Å². The van der Waals surface area contributed by atoms with Gasteiger partial charge in [-0.3, -0.25) is 14.4 Å². The maximum absolute atomic E-state index is 12.6. The van der Waals surface area contributed by atoms with E-state index in [1.807, 2.05) is 0 Å². The number of aliphatic hydroxyl groups excluding tert-OH is 1. The molecule has 2 atom stereocenters. The Balaban J connectivity index is 4.32. The molecule has 0 aliphatic rings. The third-order valence-corrected chi connectivity index (χ3v) is 8.19. The summed E-state index contributed by atoms with van der Waals surface area (Å²) in [6, 6.07) is -1.38. The van der Waals surface area contributed by atoms with Gasteiger partial charge in [0.15, 0.2) is 0 Å². The molecule has 2 unspecified atom stereocenters. The van der Waals surface area contributed by atoms with E-state index in [2.05, 4.69) is 48.8 Å². The molecule has 2 amide bonds. The molecule has 0 fully saturated rings. The normalized spacial score (nSPS) is 12.7. The molecule has 0 aromatic carbocycles. The topological polar surface area (TPSA) is 142 Å². The SMILES string of the molecule is CCCCCC/C=C\C/C=C\C(CCCCCCCCC(=O)NCC(=O)NC(CO)C(=O)O)OC(=O)CCCCCCCCCCC. The average Bonchev–Trinajstić information content (AvgIpc) is 3.05. The quantitative estimate of drug-likeness (QED) is 0.0316. The van der Waals surface area contributed by atoms with E-state index in [1.54, 1.807) is 0 Å². The largest absolute Gasteiger partial charge is 0.480 e. The van der Waals surface area contributed by atoms with Gasteiger partial charge in [-0.05, 0) is 51.0 Å². The van der Waals surface area contributed by atoms with Crippen LogP contribution in [-0.4, -0.2) is 59.3 Å². The van der Waals surface area contributed by atoms with Gasteiger partial charge in [0.05, 0.1) is 13.2 Å². The van der Waals surface area contributed by atoms with Gasteiger partial charge in [0.2, 0.25) is 11.8 Å². The fourth-order valence-corrected chi connectivity index (χ4v) is 5.25. The highest BCUT2D eigenvalue weighted by Crippen LogP contribution is 2.15. The maximum atomic E-state index is 12.6. The van der Waals surface area contributed by atoms with Gasteiger partial charge >= 0.3 is 11.9 Å². The summed E-state index contributed by atoms with van der Waals surface area (Å²) in [5.74, 6) is -2.35. The van der Waals surface area contributed by atoms with Gasteiger partial charge in [-0.1, -0.05) is 128 Å². The second kappa shape index (κ2) is 33.2. The number of carboxylic acid groups (broad SMARTS) is 1. The molecule has 272 valence electrons. The molecule has 0 rings (SSSR count). The van der Waals surface area contributed by atoms with E-state index in [0.717, 1.165) is 64.2 Å². The summed E-state index contributed by atoms with van der Waals surface area (Å²) in [7, 11) is 0. The molecule has 9 heteroatoms. The van der Waals surface area contributed by atoms with Crippen molar-refractivity contribution < 1.29 is 34.1 Å². The van der Waals surface area contributed by atoms with Crippen molar-refractivity contribution in [2.45, 2.75) is 180 Å². The van der Waals surface area contributed by atoms with E-state index >= 15 is 0 Å². The molecule has 0 heterocycles. The van der Waals surface area contributed by atoms with Crippen LogP contribution in [0.1, 0.15) is 168 Å². The predicted molar refractivity (Wildman–Crippen MR) is 190 cm³/mol. The summed E-state index contributed by atoms with van der Waals surface area (Å²) in [5, 5.41) is 22.4. The Bertz CT molecular complexity index is 859. The van der Waals surface area contributed by atoms with Crippen molar-refractivity contribution in [3.8, 4) is 0 Å². The first-order valence-electron chi connectivity index (χ1n) is 18.7. The van der Waals surface area contributed by atoms with Crippen LogP contribution in [0.5, 0.6) is 0 Å². The Labute approximate surface area is 285 Å². The van der Waals surface area contributed by atoms with Gasteiger partial charge in [-0.15, -0.1) is 0 Å². The Morgan fingerprint density at radius 2 is 1.21 bits per heavy atom. The number of aliphatic hydroxyl groups is 1. The first-order chi connectivity index (χ1) is 22.8. The highest BCUT2D eigenvalue weighted by molar-refractivity contribution is 5.87. The van der Waals surface area contributed by atoms with E-state index in [9.17, 15) is 19.2 Å². The number of unbranched alkanes of at least 4 members (excludes halogenated alkanes) is 17. The molecule has 0 radical (unpaired) electrons. The molecule has 0 aromatic heterocycles. The summed E-state index contributed by atoms with van der Waals surface area (Å²) in [4.78, 5) is 47.2. The minimum Gasteiger partial charge on any atom is -0.480 e. The number of rotatable bonds is 33. The predicted octanol–water partition coefficient (Wildman–Crippen LogP) is 8.09. The van der Waals surface area contributed by atoms with Crippen LogP contribution in [0.25, 0.3) is 0 Å². The molecule has 0 spiro atoms. The van der Waals surface area contributed by atoms with Crippen molar-refractivity contribution in [2.24, 2.45) is 0 Å². The van der Waals surface area contributed by atoms with E-state index in [1.165, 1.54) is 70.6 Å². The first kappa shape index (κ1) is 44.3. The van der Waals surface area contributed by atoms with Crippen LogP contribution in [0.15, 0.2) is 24.3 Å². The molecule has 0 aliphatic carbocycles. The van der Waals surface area contributed by atoms with Crippen LogP contribution < -0.4 is 10.6 Å². The summed E-state index contributed by atoms with van der Waals surface area (Å²) in [6.07, 6.45) is 33.7. The molecule has 47 heavy (non-hydrogen) atoms. The van der Waals surface area contributed by atoms with Gasteiger partial charge < -0.3 is 25.6 Å². The second-order valence-corrected chi connectivity index (χ2v) is 12.7. The summed E-state index contributed by atoms with van der Waals surface area (Å²) < 4.78 is 5.88. The zero-order chi connectivity index (χ0) is 34.8. The maximum Gasteiger partial charge on any atom is 0.328 e. The van der Waals surface area contributed by atoms with Crippen LogP contribution in [0, 0.1) is 0 Å². The number of carbonyl (C=O) groups is 4. The van der Waals surface area contributed by atoms with Crippen molar-refractivity contribution in [2.75, 3.05) is 13.2 Å². The Hall–Kier alpha value is -2.68. The lowest BCUT2D eigenvalue weighted by atomic mass is 10.1. The van der Waals surface area contributed by atoms with Crippen LogP contribution in [0.4, 0.5) is 0 Å². The smallest absolute Gasteiger partial charge is 0.328 e. The highest BCUT2D eigenvalue weighted by Gasteiger charge is 2.18. The summed E-state index contributed by atoms with van der Waals surface area (Å²) in [6.45, 7) is 3.43. The third kappa shape index (κ3) is 30.4. The van der Waals surface area contributed by atoms with Crippen molar-refractivity contribution in [1.29, 1.82) is 0 Å². The number of allylic oxidation sites excluding steroid dienone is 3. The molecular formula is C38H68N2O7. The van der Waals surface area contributed by atoms with Crippen molar-refractivity contribution in [3.63, 3.8) is 0 Å². The average molecular weight is 665 g/mol.